The molecule has 0 aliphatic rings. The van der Waals surface area contributed by atoms with Crippen LogP contribution in [0.3, 0.4) is 0 Å². The van der Waals surface area contributed by atoms with Crippen molar-refractivity contribution in [2.75, 3.05) is 6.26 Å². The quantitative estimate of drug-likeness (QED) is 0.845. The van der Waals surface area contributed by atoms with Crippen LogP contribution in [0.25, 0.3) is 0 Å². The summed E-state index contributed by atoms with van der Waals surface area (Å²) in [6.07, 6.45) is 2.91. The van der Waals surface area contributed by atoms with Crippen molar-refractivity contribution < 1.29 is 9.90 Å². The highest BCUT2D eigenvalue weighted by molar-refractivity contribution is 7.98. The van der Waals surface area contributed by atoms with E-state index in [9.17, 15) is 4.79 Å². The summed E-state index contributed by atoms with van der Waals surface area (Å²) >= 11 is 1.72. The minimum Gasteiger partial charge on any atom is -0.481 e. The van der Waals surface area contributed by atoms with E-state index in [-0.39, 0.29) is 6.42 Å². The zero-order valence-corrected chi connectivity index (χ0v) is 11.6. The second-order valence-corrected chi connectivity index (χ2v) is 5.24. The van der Waals surface area contributed by atoms with Gasteiger partial charge in [0.2, 0.25) is 0 Å². The first-order chi connectivity index (χ1) is 9.19. The Kier molecular flexibility index (Phi) is 4.63. The van der Waals surface area contributed by atoms with Gasteiger partial charge >= 0.3 is 5.97 Å². The lowest BCUT2D eigenvalue weighted by Crippen LogP contribution is -2.04. The highest BCUT2D eigenvalue weighted by Crippen LogP contribution is 2.19. The van der Waals surface area contributed by atoms with Crippen LogP contribution in [0, 0.1) is 0 Å². The summed E-state index contributed by atoms with van der Waals surface area (Å²) in [7, 11) is 0. The van der Waals surface area contributed by atoms with Crippen molar-refractivity contribution in [3.8, 4) is 0 Å². The maximum atomic E-state index is 10.9. The number of benzene rings is 2. The number of rotatable bonds is 5. The third-order valence-corrected chi connectivity index (χ3v) is 3.76. The summed E-state index contributed by atoms with van der Waals surface area (Å²) in [6.45, 7) is 0. The molecule has 0 aliphatic carbocycles. The molecular formula is C16H16O2S. The smallest absolute Gasteiger partial charge is 0.307 e. The molecule has 3 heteroatoms. The first-order valence-corrected chi connectivity index (χ1v) is 7.33. The molecule has 2 aromatic rings. The van der Waals surface area contributed by atoms with Gasteiger partial charge in [-0.2, -0.15) is 0 Å². The second kappa shape index (κ2) is 6.43. The Bertz CT molecular complexity index is 561. The van der Waals surface area contributed by atoms with E-state index in [1.54, 1.807) is 11.8 Å². The maximum Gasteiger partial charge on any atom is 0.307 e. The fraction of sp³-hybridized carbons (Fsp3) is 0.188. The number of carbonyl (C=O) groups is 1. The molecule has 0 aliphatic heterocycles. The number of carboxylic acid groups (broad SMARTS) is 1. The zero-order valence-electron chi connectivity index (χ0n) is 10.8. The van der Waals surface area contributed by atoms with Gasteiger partial charge in [-0.1, -0.05) is 36.4 Å². The van der Waals surface area contributed by atoms with Gasteiger partial charge in [0.05, 0.1) is 6.42 Å². The van der Waals surface area contributed by atoms with E-state index >= 15 is 0 Å². The van der Waals surface area contributed by atoms with Gasteiger partial charge in [-0.15, -0.1) is 11.8 Å². The number of hydrogen-bond donors (Lipinski definition) is 1. The molecule has 0 saturated heterocycles. The normalized spacial score (nSPS) is 10.4. The van der Waals surface area contributed by atoms with Gasteiger partial charge < -0.3 is 5.11 Å². The molecule has 0 heterocycles. The Labute approximate surface area is 117 Å². The first-order valence-electron chi connectivity index (χ1n) is 6.10. The van der Waals surface area contributed by atoms with E-state index in [4.69, 9.17) is 5.11 Å². The molecule has 0 atom stereocenters. The zero-order chi connectivity index (χ0) is 13.7. The summed E-state index contributed by atoms with van der Waals surface area (Å²) in [4.78, 5) is 12.1. The lowest BCUT2D eigenvalue weighted by molar-refractivity contribution is -0.136. The molecule has 0 radical (unpaired) electrons. The van der Waals surface area contributed by atoms with Crippen LogP contribution in [0.15, 0.2) is 53.4 Å². The van der Waals surface area contributed by atoms with Gasteiger partial charge in [0, 0.05) is 4.90 Å². The van der Waals surface area contributed by atoms with Crippen LogP contribution >= 0.6 is 11.8 Å². The monoisotopic (exact) mass is 272 g/mol. The molecule has 98 valence electrons. The molecule has 0 bridgehead atoms. The van der Waals surface area contributed by atoms with Gasteiger partial charge in [-0.25, -0.2) is 0 Å². The Morgan fingerprint density at radius 1 is 1.05 bits per heavy atom. The van der Waals surface area contributed by atoms with E-state index < -0.39 is 5.97 Å². The van der Waals surface area contributed by atoms with Crippen molar-refractivity contribution in [3.63, 3.8) is 0 Å². The minimum atomic E-state index is -0.787. The van der Waals surface area contributed by atoms with Gasteiger partial charge in [0.1, 0.15) is 0 Å². The van der Waals surface area contributed by atoms with Crippen molar-refractivity contribution in [1.29, 1.82) is 0 Å². The van der Waals surface area contributed by atoms with E-state index in [1.807, 2.05) is 24.3 Å². The summed E-state index contributed by atoms with van der Waals surface area (Å²) in [5.41, 5.74) is 3.18. The lowest BCUT2D eigenvalue weighted by Gasteiger charge is -2.08. The number of thioether (sulfide) groups is 1. The molecule has 0 saturated carbocycles. The Morgan fingerprint density at radius 3 is 2.26 bits per heavy atom. The summed E-state index contributed by atoms with van der Waals surface area (Å²) in [6, 6.07) is 16.1. The van der Waals surface area contributed by atoms with Crippen molar-refractivity contribution in [3.05, 3.63) is 65.2 Å². The fourth-order valence-corrected chi connectivity index (χ4v) is 2.44. The second-order valence-electron chi connectivity index (χ2n) is 4.36. The molecule has 0 fully saturated rings. The number of aliphatic carboxylic acids is 1. The molecule has 0 aromatic heterocycles. The predicted molar refractivity (Wildman–Crippen MR) is 78.8 cm³/mol. The molecule has 19 heavy (non-hydrogen) atoms. The van der Waals surface area contributed by atoms with Gasteiger partial charge in [0.25, 0.3) is 0 Å². The highest BCUT2D eigenvalue weighted by Gasteiger charge is 2.06. The average molecular weight is 272 g/mol. The van der Waals surface area contributed by atoms with Gasteiger partial charge in [0.15, 0.2) is 0 Å². The highest BCUT2D eigenvalue weighted by atomic mass is 32.2. The SMILES string of the molecule is CSc1ccc(Cc2ccccc2CC(=O)O)cc1. The molecule has 2 rings (SSSR count). The van der Waals surface area contributed by atoms with Crippen LogP contribution < -0.4 is 0 Å². The van der Waals surface area contributed by atoms with Crippen molar-refractivity contribution in [2.24, 2.45) is 0 Å². The average Bonchev–Trinajstić information content (AvgIpc) is 2.41. The Balaban J connectivity index is 2.19. The number of hydrogen-bond acceptors (Lipinski definition) is 2. The van der Waals surface area contributed by atoms with E-state index in [2.05, 4.69) is 30.5 Å². The summed E-state index contributed by atoms with van der Waals surface area (Å²) < 4.78 is 0. The van der Waals surface area contributed by atoms with Crippen LogP contribution in [-0.2, 0) is 17.6 Å². The first kappa shape index (κ1) is 13.7. The van der Waals surface area contributed by atoms with Crippen molar-refractivity contribution >= 4 is 17.7 Å². The largest absolute Gasteiger partial charge is 0.481 e. The topological polar surface area (TPSA) is 37.3 Å². The van der Waals surface area contributed by atoms with Crippen LogP contribution in [-0.4, -0.2) is 17.3 Å². The van der Waals surface area contributed by atoms with Crippen molar-refractivity contribution in [2.45, 2.75) is 17.7 Å². The maximum absolute atomic E-state index is 10.9. The van der Waals surface area contributed by atoms with Crippen LogP contribution in [0.4, 0.5) is 0 Å². The van der Waals surface area contributed by atoms with Gasteiger partial charge in [-0.05, 0) is 41.5 Å². The molecular weight excluding hydrogens is 256 g/mol. The summed E-state index contributed by atoms with van der Waals surface area (Å²) in [5, 5.41) is 8.92. The minimum absolute atomic E-state index is 0.0824. The molecule has 0 spiro atoms. The van der Waals surface area contributed by atoms with Crippen LogP contribution in [0.1, 0.15) is 16.7 Å². The fourth-order valence-electron chi connectivity index (χ4n) is 2.03. The molecule has 2 nitrogen and oxygen atoms in total. The predicted octanol–water partition coefficient (Wildman–Crippen LogP) is 3.63. The van der Waals surface area contributed by atoms with E-state index in [0.717, 1.165) is 17.5 Å². The molecule has 0 amide bonds. The summed E-state index contributed by atoms with van der Waals surface area (Å²) in [5.74, 6) is -0.787. The number of carboxylic acids is 1. The third kappa shape index (κ3) is 3.86. The Hall–Kier alpha value is -1.74. The van der Waals surface area contributed by atoms with E-state index in [0.29, 0.717) is 0 Å². The standard InChI is InChI=1S/C16H16O2S/c1-19-15-8-6-12(7-9-15)10-13-4-2-3-5-14(13)11-16(17)18/h2-9H,10-11H2,1H3,(H,17,18). The van der Waals surface area contributed by atoms with Crippen LogP contribution in [0.5, 0.6) is 0 Å². The Morgan fingerprint density at radius 2 is 1.68 bits per heavy atom. The van der Waals surface area contributed by atoms with Crippen LogP contribution in [0.2, 0.25) is 0 Å². The third-order valence-electron chi connectivity index (χ3n) is 3.01. The van der Waals surface area contributed by atoms with Gasteiger partial charge in [-0.3, -0.25) is 4.79 Å². The lowest BCUT2D eigenvalue weighted by atomic mass is 9.98. The van der Waals surface area contributed by atoms with Crippen molar-refractivity contribution in [1.82, 2.24) is 0 Å². The molecule has 0 unspecified atom stereocenters. The molecule has 1 N–H and O–H groups in total. The molecule has 2 aromatic carbocycles. The van der Waals surface area contributed by atoms with E-state index in [1.165, 1.54) is 10.5 Å².